The van der Waals surface area contributed by atoms with Crippen LogP contribution in [0.1, 0.15) is 22.5 Å². The number of hydrogen-bond donors (Lipinski definition) is 1. The number of nitrogens with zero attached hydrogens (tertiary/aromatic N) is 2. The number of carbonyl (C=O) groups excluding carboxylic acids is 1. The Morgan fingerprint density at radius 2 is 1.96 bits per heavy atom. The van der Waals surface area contributed by atoms with Crippen molar-refractivity contribution in [2.45, 2.75) is 12.8 Å². The van der Waals surface area contributed by atoms with Crippen molar-refractivity contribution in [3.8, 4) is 11.3 Å². The molecule has 0 saturated carbocycles. The Morgan fingerprint density at radius 3 is 2.69 bits per heavy atom. The van der Waals surface area contributed by atoms with Gasteiger partial charge in [-0.05, 0) is 77.9 Å². The zero-order valence-electron chi connectivity index (χ0n) is 14.4. The second kappa shape index (κ2) is 8.44. The Labute approximate surface area is 165 Å². The Kier molecular flexibility index (Phi) is 6.03. The molecule has 1 N–H and O–H groups in total. The third-order valence-corrected chi connectivity index (χ3v) is 4.85. The highest BCUT2D eigenvalue weighted by Crippen LogP contribution is 2.19. The van der Waals surface area contributed by atoms with E-state index in [0.717, 1.165) is 33.4 Å². The first-order valence-electron chi connectivity index (χ1n) is 8.34. The molecule has 0 aliphatic heterocycles. The van der Waals surface area contributed by atoms with Gasteiger partial charge in [-0.2, -0.15) is 5.10 Å². The minimum absolute atomic E-state index is 0.0199. The van der Waals surface area contributed by atoms with Crippen LogP contribution in [0.2, 0.25) is 0 Å². The number of amides is 1. The number of aryl methyl sites for hydroxylation is 1. The Bertz CT molecular complexity index is 892. The molecule has 1 heterocycles. The largest absolute Gasteiger partial charge is 0.342 e. The van der Waals surface area contributed by atoms with E-state index < -0.39 is 0 Å². The van der Waals surface area contributed by atoms with Gasteiger partial charge in [-0.1, -0.05) is 12.1 Å². The van der Waals surface area contributed by atoms with Crippen LogP contribution in [0, 0.1) is 9.39 Å². The lowest BCUT2D eigenvalue weighted by Gasteiger charge is -2.17. The van der Waals surface area contributed by atoms with Gasteiger partial charge >= 0.3 is 0 Å². The number of aromatic amines is 1. The number of halogens is 2. The minimum Gasteiger partial charge on any atom is -0.342 e. The van der Waals surface area contributed by atoms with Gasteiger partial charge in [-0.25, -0.2) is 4.39 Å². The smallest absolute Gasteiger partial charge is 0.253 e. The minimum atomic E-state index is -0.275. The maximum atomic E-state index is 13.3. The standard InChI is InChI=1S/C20H19FIN3O/c1-25(20(26)14-7-9-17(22)10-8-14)11-3-6-18-13-19(24-23-18)15-4-2-5-16(21)12-15/h2,4-5,7-10,12-13H,3,6,11H2,1H3,(H,23,24). The van der Waals surface area contributed by atoms with Gasteiger partial charge < -0.3 is 4.90 Å². The van der Waals surface area contributed by atoms with Crippen molar-refractivity contribution in [1.82, 2.24) is 15.1 Å². The molecule has 3 rings (SSSR count). The van der Waals surface area contributed by atoms with Gasteiger partial charge in [-0.15, -0.1) is 0 Å². The van der Waals surface area contributed by atoms with Crippen molar-refractivity contribution in [2.24, 2.45) is 0 Å². The van der Waals surface area contributed by atoms with Gasteiger partial charge in [0.25, 0.3) is 5.91 Å². The molecular weight excluding hydrogens is 444 g/mol. The second-order valence-electron chi connectivity index (χ2n) is 6.13. The lowest BCUT2D eigenvalue weighted by molar-refractivity contribution is 0.0793. The lowest BCUT2D eigenvalue weighted by atomic mass is 10.1. The number of hydrogen-bond acceptors (Lipinski definition) is 2. The number of aromatic nitrogens is 2. The molecule has 4 nitrogen and oxygen atoms in total. The van der Waals surface area contributed by atoms with Gasteiger partial charge in [-0.3, -0.25) is 9.89 Å². The van der Waals surface area contributed by atoms with Gasteiger partial charge in [0, 0.05) is 34.0 Å². The van der Waals surface area contributed by atoms with E-state index in [-0.39, 0.29) is 11.7 Å². The summed E-state index contributed by atoms with van der Waals surface area (Å²) < 4.78 is 14.4. The fraction of sp³-hybridized carbons (Fsp3) is 0.200. The fourth-order valence-electron chi connectivity index (χ4n) is 2.71. The van der Waals surface area contributed by atoms with Crippen molar-refractivity contribution in [3.63, 3.8) is 0 Å². The maximum Gasteiger partial charge on any atom is 0.253 e. The molecule has 26 heavy (non-hydrogen) atoms. The van der Waals surface area contributed by atoms with E-state index in [1.807, 2.05) is 43.4 Å². The number of rotatable bonds is 6. The fourth-order valence-corrected chi connectivity index (χ4v) is 3.07. The van der Waals surface area contributed by atoms with Crippen LogP contribution in [0.4, 0.5) is 4.39 Å². The van der Waals surface area contributed by atoms with Gasteiger partial charge in [0.15, 0.2) is 0 Å². The van der Waals surface area contributed by atoms with Crippen molar-refractivity contribution in [1.29, 1.82) is 0 Å². The van der Waals surface area contributed by atoms with Crippen LogP contribution < -0.4 is 0 Å². The average molecular weight is 463 g/mol. The topological polar surface area (TPSA) is 49.0 Å². The van der Waals surface area contributed by atoms with Crippen molar-refractivity contribution in [3.05, 3.63) is 75.2 Å². The van der Waals surface area contributed by atoms with Crippen molar-refractivity contribution in [2.75, 3.05) is 13.6 Å². The van der Waals surface area contributed by atoms with E-state index in [1.165, 1.54) is 12.1 Å². The summed E-state index contributed by atoms with van der Waals surface area (Å²) in [6.45, 7) is 0.652. The molecule has 134 valence electrons. The molecule has 0 atom stereocenters. The number of carbonyl (C=O) groups is 1. The third-order valence-electron chi connectivity index (χ3n) is 4.13. The van der Waals surface area contributed by atoms with Crippen molar-refractivity contribution >= 4 is 28.5 Å². The highest BCUT2D eigenvalue weighted by atomic mass is 127. The number of benzene rings is 2. The monoisotopic (exact) mass is 463 g/mol. The molecule has 3 aromatic rings. The van der Waals surface area contributed by atoms with Crippen LogP contribution in [0.5, 0.6) is 0 Å². The molecule has 1 aromatic heterocycles. The SMILES string of the molecule is CN(CCCc1cc(-c2cccc(F)c2)n[nH]1)C(=O)c1ccc(I)cc1. The van der Waals surface area contributed by atoms with Crippen LogP contribution >= 0.6 is 22.6 Å². The summed E-state index contributed by atoms with van der Waals surface area (Å²) in [5.74, 6) is -0.255. The Hall–Kier alpha value is -2.22. The Morgan fingerprint density at radius 1 is 1.19 bits per heavy atom. The summed E-state index contributed by atoms with van der Waals surface area (Å²) in [5.41, 5.74) is 3.14. The Balaban J connectivity index is 1.53. The highest BCUT2D eigenvalue weighted by Gasteiger charge is 2.11. The summed E-state index contributed by atoms with van der Waals surface area (Å²) in [6.07, 6.45) is 1.59. The maximum absolute atomic E-state index is 13.3. The predicted octanol–water partition coefficient (Wildman–Crippen LogP) is 4.53. The summed E-state index contributed by atoms with van der Waals surface area (Å²) in [7, 11) is 1.81. The quantitative estimate of drug-likeness (QED) is 0.547. The average Bonchev–Trinajstić information content (AvgIpc) is 3.10. The van der Waals surface area contributed by atoms with Crippen LogP contribution in [0.15, 0.2) is 54.6 Å². The van der Waals surface area contributed by atoms with Crippen LogP contribution in [-0.2, 0) is 6.42 Å². The molecule has 0 aliphatic carbocycles. The van der Waals surface area contributed by atoms with E-state index in [2.05, 4.69) is 32.8 Å². The van der Waals surface area contributed by atoms with Crippen LogP contribution in [-0.4, -0.2) is 34.6 Å². The molecule has 2 aromatic carbocycles. The molecule has 6 heteroatoms. The second-order valence-corrected chi connectivity index (χ2v) is 7.37. The first-order chi connectivity index (χ1) is 12.5. The predicted molar refractivity (Wildman–Crippen MR) is 108 cm³/mol. The van der Waals surface area contributed by atoms with Crippen molar-refractivity contribution < 1.29 is 9.18 Å². The molecule has 1 amide bonds. The normalized spacial score (nSPS) is 10.7. The molecule has 0 bridgehead atoms. The molecule has 0 radical (unpaired) electrons. The van der Waals surface area contributed by atoms with Gasteiger partial charge in [0.05, 0.1) is 5.69 Å². The highest BCUT2D eigenvalue weighted by molar-refractivity contribution is 14.1. The van der Waals surface area contributed by atoms with E-state index >= 15 is 0 Å². The van der Waals surface area contributed by atoms with E-state index in [1.54, 1.807) is 11.0 Å². The molecule has 0 saturated heterocycles. The first kappa shape index (κ1) is 18.6. The number of nitrogens with one attached hydrogen (secondary N) is 1. The molecule has 0 unspecified atom stereocenters. The van der Waals surface area contributed by atoms with Crippen LogP contribution in [0.25, 0.3) is 11.3 Å². The molecule has 0 spiro atoms. The summed E-state index contributed by atoms with van der Waals surface area (Å²) >= 11 is 2.22. The van der Waals surface area contributed by atoms with E-state index in [4.69, 9.17) is 0 Å². The van der Waals surface area contributed by atoms with Crippen LogP contribution in [0.3, 0.4) is 0 Å². The van der Waals surface area contributed by atoms with Gasteiger partial charge in [0.2, 0.25) is 0 Å². The molecule has 0 fully saturated rings. The first-order valence-corrected chi connectivity index (χ1v) is 9.42. The van der Waals surface area contributed by atoms with E-state index in [9.17, 15) is 9.18 Å². The van der Waals surface area contributed by atoms with E-state index in [0.29, 0.717) is 12.1 Å². The zero-order chi connectivity index (χ0) is 18.5. The lowest BCUT2D eigenvalue weighted by Crippen LogP contribution is -2.28. The summed E-state index contributed by atoms with van der Waals surface area (Å²) in [4.78, 5) is 14.1. The molecule has 0 aliphatic rings. The molecular formula is C20H19FIN3O. The third kappa shape index (κ3) is 4.69. The number of H-pyrrole nitrogens is 1. The summed E-state index contributed by atoms with van der Waals surface area (Å²) in [5, 5.41) is 7.23. The van der Waals surface area contributed by atoms with Gasteiger partial charge in [0.1, 0.15) is 5.82 Å². The zero-order valence-corrected chi connectivity index (χ0v) is 16.5. The summed E-state index contributed by atoms with van der Waals surface area (Å²) in [6, 6.07) is 15.9.